The maximum atomic E-state index is 12.2. The standard InChI is InChI=1S/C15H20N2O3S/c1-2-21-12-5-3-4-11(9-12)17-14(18)13-8-10(15(19)20)6-7-16-13/h6-8,11-12H,2-5,9H2,1H3,(H,17,18)(H,19,20). The summed E-state index contributed by atoms with van der Waals surface area (Å²) in [4.78, 5) is 27.1. The van der Waals surface area contributed by atoms with Crippen LogP contribution in [-0.4, -0.2) is 39.0 Å². The number of carbonyl (C=O) groups is 2. The smallest absolute Gasteiger partial charge is 0.335 e. The lowest BCUT2D eigenvalue weighted by atomic mass is 9.95. The zero-order valence-corrected chi connectivity index (χ0v) is 12.9. The molecule has 0 aliphatic heterocycles. The van der Waals surface area contributed by atoms with Gasteiger partial charge in [0.05, 0.1) is 5.56 Å². The van der Waals surface area contributed by atoms with Crippen molar-refractivity contribution in [2.75, 3.05) is 5.75 Å². The normalized spacial score (nSPS) is 21.8. The number of aromatic carboxylic acids is 1. The first-order chi connectivity index (χ1) is 10.1. The van der Waals surface area contributed by atoms with E-state index < -0.39 is 5.97 Å². The molecule has 5 nitrogen and oxygen atoms in total. The van der Waals surface area contributed by atoms with E-state index in [1.807, 2.05) is 11.8 Å². The second-order valence-electron chi connectivity index (χ2n) is 5.15. The van der Waals surface area contributed by atoms with E-state index in [2.05, 4.69) is 17.2 Å². The Hall–Kier alpha value is -1.56. The van der Waals surface area contributed by atoms with Gasteiger partial charge in [0.2, 0.25) is 0 Å². The molecule has 2 atom stereocenters. The third-order valence-corrected chi connectivity index (χ3v) is 4.84. The van der Waals surface area contributed by atoms with E-state index >= 15 is 0 Å². The molecule has 6 heteroatoms. The highest BCUT2D eigenvalue weighted by atomic mass is 32.2. The van der Waals surface area contributed by atoms with E-state index in [1.54, 1.807) is 0 Å². The van der Waals surface area contributed by atoms with Crippen LogP contribution in [0.1, 0.15) is 53.5 Å². The van der Waals surface area contributed by atoms with Crippen LogP contribution in [0.25, 0.3) is 0 Å². The Bertz CT molecular complexity index is 519. The molecular formula is C15H20N2O3S. The summed E-state index contributed by atoms with van der Waals surface area (Å²) in [7, 11) is 0. The molecule has 0 bridgehead atoms. The first-order valence-corrected chi connectivity index (χ1v) is 8.26. The Morgan fingerprint density at radius 1 is 1.48 bits per heavy atom. The van der Waals surface area contributed by atoms with Crippen molar-refractivity contribution < 1.29 is 14.7 Å². The van der Waals surface area contributed by atoms with Crippen LogP contribution in [0, 0.1) is 0 Å². The summed E-state index contributed by atoms with van der Waals surface area (Å²) in [6, 6.07) is 2.86. The molecule has 0 radical (unpaired) electrons. The number of amides is 1. The molecule has 2 rings (SSSR count). The molecule has 0 aromatic carbocycles. The quantitative estimate of drug-likeness (QED) is 0.874. The molecule has 2 N–H and O–H groups in total. The SMILES string of the molecule is CCSC1CCCC(NC(=O)c2cc(C(=O)O)ccn2)C1. The van der Waals surface area contributed by atoms with Gasteiger partial charge in [0.1, 0.15) is 5.69 Å². The van der Waals surface area contributed by atoms with Crippen LogP contribution in [0.2, 0.25) is 0 Å². The fraction of sp³-hybridized carbons (Fsp3) is 0.533. The summed E-state index contributed by atoms with van der Waals surface area (Å²) in [5.41, 5.74) is 0.248. The topological polar surface area (TPSA) is 79.3 Å². The van der Waals surface area contributed by atoms with Gasteiger partial charge in [-0.1, -0.05) is 13.3 Å². The van der Waals surface area contributed by atoms with Crippen LogP contribution in [0.3, 0.4) is 0 Å². The van der Waals surface area contributed by atoms with Crippen molar-refractivity contribution in [2.45, 2.75) is 43.9 Å². The molecule has 0 spiro atoms. The number of carboxylic acids is 1. The summed E-state index contributed by atoms with van der Waals surface area (Å²) in [5, 5.41) is 12.5. The van der Waals surface area contributed by atoms with Crippen LogP contribution in [-0.2, 0) is 0 Å². The first-order valence-electron chi connectivity index (χ1n) is 7.22. The lowest BCUT2D eigenvalue weighted by Crippen LogP contribution is -2.39. The molecule has 1 amide bonds. The molecule has 0 saturated heterocycles. The maximum absolute atomic E-state index is 12.2. The molecule has 114 valence electrons. The Kier molecular flexibility index (Phi) is 5.61. The molecule has 1 aromatic rings. The van der Waals surface area contributed by atoms with E-state index in [9.17, 15) is 9.59 Å². The largest absolute Gasteiger partial charge is 0.478 e. The van der Waals surface area contributed by atoms with Gasteiger partial charge in [0.25, 0.3) is 5.91 Å². The molecule has 1 aliphatic carbocycles. The summed E-state index contributed by atoms with van der Waals surface area (Å²) >= 11 is 1.94. The Balaban J connectivity index is 1.97. The van der Waals surface area contributed by atoms with Gasteiger partial charge in [0, 0.05) is 17.5 Å². The van der Waals surface area contributed by atoms with E-state index in [1.165, 1.54) is 24.8 Å². The van der Waals surface area contributed by atoms with Gasteiger partial charge in [-0.3, -0.25) is 9.78 Å². The fourth-order valence-electron chi connectivity index (χ4n) is 2.61. The second kappa shape index (κ2) is 7.45. The molecule has 1 fully saturated rings. The molecule has 1 saturated carbocycles. The summed E-state index contributed by atoms with van der Waals surface area (Å²) in [6.45, 7) is 2.15. The highest BCUT2D eigenvalue weighted by Gasteiger charge is 2.24. The molecule has 1 heterocycles. The number of aromatic nitrogens is 1. The number of carbonyl (C=O) groups excluding carboxylic acids is 1. The van der Waals surface area contributed by atoms with Crippen molar-refractivity contribution in [3.63, 3.8) is 0 Å². The number of thioether (sulfide) groups is 1. The van der Waals surface area contributed by atoms with Crippen molar-refractivity contribution in [1.82, 2.24) is 10.3 Å². The van der Waals surface area contributed by atoms with Crippen LogP contribution >= 0.6 is 11.8 Å². The maximum Gasteiger partial charge on any atom is 0.335 e. The predicted octanol–water partition coefficient (Wildman–Crippen LogP) is 2.57. The summed E-state index contributed by atoms with van der Waals surface area (Å²) in [5.74, 6) is -0.248. The number of nitrogens with zero attached hydrogens (tertiary/aromatic N) is 1. The number of hydrogen-bond acceptors (Lipinski definition) is 4. The zero-order chi connectivity index (χ0) is 15.2. The van der Waals surface area contributed by atoms with E-state index in [4.69, 9.17) is 5.11 Å². The van der Waals surface area contributed by atoms with Crippen LogP contribution < -0.4 is 5.32 Å². The van der Waals surface area contributed by atoms with Crippen LogP contribution in [0.5, 0.6) is 0 Å². The van der Waals surface area contributed by atoms with Crippen LogP contribution in [0.15, 0.2) is 18.3 Å². The van der Waals surface area contributed by atoms with Gasteiger partial charge < -0.3 is 10.4 Å². The average molecular weight is 308 g/mol. The van der Waals surface area contributed by atoms with Crippen molar-refractivity contribution in [2.24, 2.45) is 0 Å². The first kappa shape index (κ1) is 15.8. The molecule has 2 unspecified atom stereocenters. The van der Waals surface area contributed by atoms with Gasteiger partial charge in [0.15, 0.2) is 0 Å². The second-order valence-corrected chi connectivity index (χ2v) is 6.73. The molecule has 1 aliphatic rings. The Morgan fingerprint density at radius 3 is 3.00 bits per heavy atom. The molecular weight excluding hydrogens is 288 g/mol. The van der Waals surface area contributed by atoms with E-state index in [0.29, 0.717) is 5.25 Å². The Morgan fingerprint density at radius 2 is 2.29 bits per heavy atom. The third kappa shape index (κ3) is 4.46. The van der Waals surface area contributed by atoms with E-state index in [-0.39, 0.29) is 23.2 Å². The number of rotatable bonds is 5. The monoisotopic (exact) mass is 308 g/mol. The minimum atomic E-state index is -1.05. The zero-order valence-electron chi connectivity index (χ0n) is 12.0. The van der Waals surface area contributed by atoms with Gasteiger partial charge >= 0.3 is 5.97 Å². The molecule has 21 heavy (non-hydrogen) atoms. The average Bonchev–Trinajstić information content (AvgIpc) is 2.48. The summed E-state index contributed by atoms with van der Waals surface area (Å²) in [6.07, 6.45) is 5.63. The lowest BCUT2D eigenvalue weighted by molar-refractivity contribution is 0.0696. The number of hydrogen-bond donors (Lipinski definition) is 2. The van der Waals surface area contributed by atoms with E-state index in [0.717, 1.165) is 25.0 Å². The van der Waals surface area contributed by atoms with Gasteiger partial charge in [-0.25, -0.2) is 4.79 Å². The van der Waals surface area contributed by atoms with Gasteiger partial charge in [-0.05, 0) is 37.1 Å². The van der Waals surface area contributed by atoms with Crippen molar-refractivity contribution in [3.8, 4) is 0 Å². The van der Waals surface area contributed by atoms with Crippen molar-refractivity contribution in [3.05, 3.63) is 29.6 Å². The van der Waals surface area contributed by atoms with Crippen molar-refractivity contribution >= 4 is 23.6 Å². The Labute approximate surface area is 128 Å². The minimum Gasteiger partial charge on any atom is -0.478 e. The van der Waals surface area contributed by atoms with Gasteiger partial charge in [-0.15, -0.1) is 0 Å². The summed E-state index contributed by atoms with van der Waals surface area (Å²) < 4.78 is 0. The van der Waals surface area contributed by atoms with Gasteiger partial charge in [-0.2, -0.15) is 11.8 Å². The van der Waals surface area contributed by atoms with Crippen LogP contribution in [0.4, 0.5) is 0 Å². The number of nitrogens with one attached hydrogen (secondary N) is 1. The number of carboxylic acid groups (broad SMARTS) is 1. The lowest BCUT2D eigenvalue weighted by Gasteiger charge is -2.29. The highest BCUT2D eigenvalue weighted by Crippen LogP contribution is 2.28. The van der Waals surface area contributed by atoms with Crippen molar-refractivity contribution in [1.29, 1.82) is 0 Å². The fourth-order valence-corrected chi connectivity index (χ4v) is 3.78. The number of pyridine rings is 1. The predicted molar refractivity (Wildman–Crippen MR) is 82.8 cm³/mol. The highest BCUT2D eigenvalue weighted by molar-refractivity contribution is 7.99. The molecule has 1 aromatic heterocycles. The minimum absolute atomic E-state index is 0.0817. The third-order valence-electron chi connectivity index (χ3n) is 3.60.